The van der Waals surface area contributed by atoms with Crippen LogP contribution in [-0.2, 0) is 46.0 Å². The number of carbonyl (C=O) groups excluding carboxylic acids is 1. The molecule has 1 atom stereocenters. The molecule has 2 aromatic carbocycles. The lowest BCUT2D eigenvalue weighted by Gasteiger charge is -2.30. The minimum absolute atomic E-state index is 0.0192. The van der Waals surface area contributed by atoms with Crippen LogP contribution >= 0.6 is 0 Å². The Labute approximate surface area is 332 Å². The Morgan fingerprint density at radius 1 is 0.807 bits per heavy atom. The monoisotopic (exact) mass is 850 g/mol. The van der Waals surface area contributed by atoms with Crippen LogP contribution in [0.25, 0.3) is 0 Å². The summed E-state index contributed by atoms with van der Waals surface area (Å²) >= 11 is 0. The molecule has 0 radical (unpaired) electrons. The van der Waals surface area contributed by atoms with Crippen LogP contribution in [0.5, 0.6) is 11.8 Å². The molecule has 3 aromatic rings. The van der Waals surface area contributed by atoms with Crippen LogP contribution in [0.4, 0.5) is 11.4 Å². The zero-order chi connectivity index (χ0) is 42.0. The third-order valence-electron chi connectivity index (χ3n) is 10.4. The van der Waals surface area contributed by atoms with Crippen LogP contribution in [0.15, 0.2) is 83.4 Å². The van der Waals surface area contributed by atoms with Gasteiger partial charge in [-0.25, -0.2) is 4.79 Å². The highest BCUT2D eigenvalue weighted by Crippen LogP contribution is 2.51. The van der Waals surface area contributed by atoms with Crippen molar-refractivity contribution in [2.24, 2.45) is 0 Å². The smallest absolute Gasteiger partial charge is 0.333 e. The largest absolute Gasteiger partial charge is 0.492 e. The van der Waals surface area contributed by atoms with Crippen molar-refractivity contribution in [2.75, 3.05) is 29.5 Å². The summed E-state index contributed by atoms with van der Waals surface area (Å²) in [6, 6.07) is 14.2. The van der Waals surface area contributed by atoms with Crippen molar-refractivity contribution in [3.05, 3.63) is 89.6 Å². The SMILES string of the molecule is CC1(C)C(C=CC=C2N(CCCS(=O)(=O)O)c3ccc(S(=O)(=O)O)cc3C2(C)CCCCCC(=O)On2c(O)ccc2O)=[N+](CCCS(=O)(=O)O)c2ccccc21. The fraction of sp³-hybridized carbons (Fsp3) is 0.421. The minimum Gasteiger partial charge on any atom is -0.492 e. The van der Waals surface area contributed by atoms with E-state index in [9.17, 15) is 53.9 Å². The molecule has 57 heavy (non-hydrogen) atoms. The molecular formula is C38H48N3O13S3+. The predicted molar refractivity (Wildman–Crippen MR) is 212 cm³/mol. The number of benzene rings is 2. The van der Waals surface area contributed by atoms with E-state index >= 15 is 0 Å². The number of hydrogen-bond acceptors (Lipinski definition) is 11. The second-order valence-electron chi connectivity index (χ2n) is 14.9. The molecule has 16 nitrogen and oxygen atoms in total. The molecule has 3 heterocycles. The van der Waals surface area contributed by atoms with E-state index in [0.717, 1.165) is 17.0 Å². The molecule has 0 bridgehead atoms. The van der Waals surface area contributed by atoms with Gasteiger partial charge in [0.25, 0.3) is 30.4 Å². The Morgan fingerprint density at radius 2 is 1.46 bits per heavy atom. The third kappa shape index (κ3) is 10.1. The summed E-state index contributed by atoms with van der Waals surface area (Å²) in [7, 11) is -13.1. The highest BCUT2D eigenvalue weighted by molar-refractivity contribution is 7.86. The summed E-state index contributed by atoms with van der Waals surface area (Å²) in [6.07, 6.45) is 7.50. The average Bonchev–Trinajstić information content (AvgIpc) is 3.63. The fourth-order valence-corrected chi connectivity index (χ4v) is 9.18. The number of carbonyl (C=O) groups is 1. The van der Waals surface area contributed by atoms with E-state index in [1.54, 1.807) is 6.07 Å². The summed E-state index contributed by atoms with van der Waals surface area (Å²) in [4.78, 5) is 19.0. The standard InChI is InChI=1S/C38H47N3O13S3/c1-37(2)28-12-6-7-13-30(28)39(22-10-24-55(45,46)47)32(37)14-9-15-33-38(3,21-8-4-5-16-36(44)54-41-34(42)19-20-35(41)43)29-26-27(57(51,52)53)17-18-31(29)40(33)23-11-25-56(48,49)50/h6-7,9,12-15,17-20,26H,4-5,8,10-11,16,21-25H2,1-3H3,(H4-,42,43,45,46,47,48,49,50,51,52,53)/p+1. The Hall–Kier alpha value is -4.53. The Morgan fingerprint density at radius 3 is 2.11 bits per heavy atom. The van der Waals surface area contributed by atoms with Gasteiger partial charge in [0.1, 0.15) is 6.54 Å². The van der Waals surface area contributed by atoms with Crippen LogP contribution < -0.4 is 9.74 Å². The second kappa shape index (κ2) is 16.8. The quantitative estimate of drug-likeness (QED) is 0.0650. The van der Waals surface area contributed by atoms with Crippen molar-refractivity contribution in [3.8, 4) is 11.8 Å². The molecule has 0 saturated carbocycles. The summed E-state index contributed by atoms with van der Waals surface area (Å²) in [5, 5.41) is 19.6. The van der Waals surface area contributed by atoms with Crippen molar-refractivity contribution in [1.82, 2.24) is 4.73 Å². The first kappa shape index (κ1) is 43.6. The number of fused-ring (bicyclic) bond motifs is 2. The molecule has 0 spiro atoms. The summed E-state index contributed by atoms with van der Waals surface area (Å²) in [5.41, 5.74) is 3.09. The molecule has 1 aromatic heterocycles. The van der Waals surface area contributed by atoms with Gasteiger partial charge in [-0.15, -0.1) is 4.73 Å². The van der Waals surface area contributed by atoms with Gasteiger partial charge in [-0.1, -0.05) is 37.1 Å². The summed E-state index contributed by atoms with van der Waals surface area (Å²) in [5.74, 6) is -2.54. The highest BCUT2D eigenvalue weighted by atomic mass is 32.2. The van der Waals surface area contributed by atoms with Gasteiger partial charge in [-0.05, 0) is 69.9 Å². The first-order chi connectivity index (χ1) is 26.5. The van der Waals surface area contributed by atoms with Gasteiger partial charge in [-0.2, -0.15) is 29.8 Å². The van der Waals surface area contributed by atoms with Gasteiger partial charge >= 0.3 is 5.97 Å². The molecule has 2 aliphatic rings. The van der Waals surface area contributed by atoms with Crippen LogP contribution in [-0.4, -0.2) is 94.7 Å². The molecule has 2 aliphatic heterocycles. The van der Waals surface area contributed by atoms with E-state index < -0.39 is 70.4 Å². The number of anilines is 1. The lowest BCUT2D eigenvalue weighted by Crippen LogP contribution is -2.30. The lowest BCUT2D eigenvalue weighted by atomic mass is 9.77. The number of rotatable bonds is 18. The second-order valence-corrected chi connectivity index (χ2v) is 19.4. The van der Waals surface area contributed by atoms with Crippen LogP contribution in [0.1, 0.15) is 76.8 Å². The van der Waals surface area contributed by atoms with Crippen molar-refractivity contribution < 1.29 is 63.3 Å². The average molecular weight is 851 g/mol. The molecule has 0 fully saturated rings. The zero-order valence-electron chi connectivity index (χ0n) is 31.8. The molecule has 1 unspecified atom stereocenters. The van der Waals surface area contributed by atoms with Crippen LogP contribution in [0, 0.1) is 0 Å². The molecule has 5 N–H and O–H groups in total. The number of para-hydroxylation sites is 1. The number of aromatic hydroxyl groups is 2. The summed E-state index contributed by atoms with van der Waals surface area (Å²) in [6.45, 7) is 6.39. The molecule has 0 amide bonds. The van der Waals surface area contributed by atoms with Crippen LogP contribution in [0.3, 0.4) is 0 Å². The van der Waals surface area contributed by atoms with E-state index in [0.29, 0.717) is 53.9 Å². The molecule has 310 valence electrons. The lowest BCUT2D eigenvalue weighted by molar-refractivity contribution is -0.437. The normalized spacial score (nSPS) is 18.8. The van der Waals surface area contributed by atoms with Gasteiger partial charge in [0.2, 0.25) is 17.4 Å². The number of aromatic nitrogens is 1. The highest BCUT2D eigenvalue weighted by Gasteiger charge is 2.45. The summed E-state index contributed by atoms with van der Waals surface area (Å²) < 4.78 is 103. The van der Waals surface area contributed by atoms with Gasteiger partial charge < -0.3 is 20.0 Å². The molecular weight excluding hydrogens is 803 g/mol. The first-order valence-electron chi connectivity index (χ1n) is 18.3. The van der Waals surface area contributed by atoms with Gasteiger partial charge in [0.15, 0.2) is 5.71 Å². The predicted octanol–water partition coefficient (Wildman–Crippen LogP) is 4.90. The van der Waals surface area contributed by atoms with Crippen molar-refractivity contribution in [3.63, 3.8) is 0 Å². The van der Waals surface area contributed by atoms with E-state index in [1.165, 1.54) is 24.3 Å². The third-order valence-corrected chi connectivity index (χ3v) is 12.9. The van der Waals surface area contributed by atoms with E-state index in [1.807, 2.05) is 72.7 Å². The molecule has 0 saturated heterocycles. The molecule has 19 heteroatoms. The molecule has 0 aliphatic carbocycles. The zero-order valence-corrected chi connectivity index (χ0v) is 34.2. The maximum Gasteiger partial charge on any atom is 0.333 e. The first-order valence-corrected chi connectivity index (χ1v) is 22.9. The number of hydrogen-bond donors (Lipinski definition) is 5. The van der Waals surface area contributed by atoms with Gasteiger partial charge in [0.05, 0.1) is 21.8 Å². The number of allylic oxidation sites excluding steroid dienone is 4. The van der Waals surface area contributed by atoms with Crippen molar-refractivity contribution in [1.29, 1.82) is 0 Å². The Kier molecular flexibility index (Phi) is 12.8. The Balaban J connectivity index is 1.50. The van der Waals surface area contributed by atoms with Crippen molar-refractivity contribution >= 4 is 53.4 Å². The maximum absolute atomic E-state index is 12.5. The topological polar surface area (TPSA) is 241 Å². The number of nitrogens with zero attached hydrogens (tertiary/aromatic N) is 3. The van der Waals surface area contributed by atoms with Gasteiger partial charge in [-0.3, -0.25) is 13.7 Å². The van der Waals surface area contributed by atoms with Gasteiger partial charge in [0, 0.05) is 66.0 Å². The van der Waals surface area contributed by atoms with E-state index in [4.69, 9.17) is 4.84 Å². The van der Waals surface area contributed by atoms with Crippen LogP contribution in [0.2, 0.25) is 0 Å². The minimum atomic E-state index is -4.62. The van der Waals surface area contributed by atoms with E-state index in [2.05, 4.69) is 0 Å². The number of unbranched alkanes of at least 4 members (excludes halogenated alkanes) is 2. The van der Waals surface area contributed by atoms with Crippen molar-refractivity contribution in [2.45, 2.75) is 81.4 Å². The fourth-order valence-electron chi connectivity index (χ4n) is 7.69. The maximum atomic E-state index is 12.5. The van der Waals surface area contributed by atoms with E-state index in [-0.39, 0.29) is 30.7 Å². The molecule has 5 rings (SSSR count). The Bertz CT molecular complexity index is 2430.